The van der Waals surface area contributed by atoms with Gasteiger partial charge in [-0.25, -0.2) is 4.98 Å². The topological polar surface area (TPSA) is 85.1 Å². The standard InChI is InChI=1S/C10H10ClN3O3/c1-5-2-8(5)13-10(15)7-3-6(14(16)17)4-12-9(7)11/h3-5,8H,2H2,1H3,(H,13,15). The van der Waals surface area contributed by atoms with Crippen molar-refractivity contribution in [2.24, 2.45) is 5.92 Å². The molecule has 1 heterocycles. The summed E-state index contributed by atoms with van der Waals surface area (Å²) in [6, 6.07) is 1.27. The zero-order valence-electron chi connectivity index (χ0n) is 9.01. The number of halogens is 1. The van der Waals surface area contributed by atoms with Gasteiger partial charge in [-0.1, -0.05) is 18.5 Å². The van der Waals surface area contributed by atoms with Gasteiger partial charge in [0.05, 0.1) is 10.5 Å². The van der Waals surface area contributed by atoms with E-state index >= 15 is 0 Å². The maximum Gasteiger partial charge on any atom is 0.288 e. The second-order valence-electron chi connectivity index (χ2n) is 4.08. The van der Waals surface area contributed by atoms with E-state index in [1.165, 1.54) is 0 Å². The van der Waals surface area contributed by atoms with Gasteiger partial charge in [0.1, 0.15) is 11.3 Å². The Balaban J connectivity index is 2.21. The summed E-state index contributed by atoms with van der Waals surface area (Å²) < 4.78 is 0. The average molecular weight is 256 g/mol. The van der Waals surface area contributed by atoms with Gasteiger partial charge in [0.2, 0.25) is 0 Å². The maximum absolute atomic E-state index is 11.8. The summed E-state index contributed by atoms with van der Waals surface area (Å²) in [7, 11) is 0. The van der Waals surface area contributed by atoms with Crippen molar-refractivity contribution in [1.82, 2.24) is 10.3 Å². The van der Waals surface area contributed by atoms with E-state index in [4.69, 9.17) is 11.6 Å². The first-order valence-electron chi connectivity index (χ1n) is 5.10. The van der Waals surface area contributed by atoms with E-state index in [0.29, 0.717) is 5.92 Å². The number of nitrogens with one attached hydrogen (secondary N) is 1. The largest absolute Gasteiger partial charge is 0.349 e. The summed E-state index contributed by atoms with van der Waals surface area (Å²) in [5.41, 5.74) is -0.205. The van der Waals surface area contributed by atoms with Crippen LogP contribution in [0.5, 0.6) is 0 Å². The highest BCUT2D eigenvalue weighted by Gasteiger charge is 2.34. The monoisotopic (exact) mass is 255 g/mol. The first kappa shape index (κ1) is 11.8. The summed E-state index contributed by atoms with van der Waals surface area (Å²) in [4.78, 5) is 25.4. The molecule has 0 spiro atoms. The van der Waals surface area contributed by atoms with Crippen molar-refractivity contribution in [2.45, 2.75) is 19.4 Å². The highest BCUT2D eigenvalue weighted by Crippen LogP contribution is 2.30. The quantitative estimate of drug-likeness (QED) is 0.507. The second kappa shape index (κ2) is 4.29. The van der Waals surface area contributed by atoms with Gasteiger partial charge in [-0.3, -0.25) is 14.9 Å². The normalized spacial score (nSPS) is 22.0. The Morgan fingerprint density at radius 1 is 1.71 bits per heavy atom. The summed E-state index contributed by atoms with van der Waals surface area (Å²) in [5.74, 6) is 0.0323. The molecule has 2 rings (SSSR count). The number of carbonyl (C=O) groups is 1. The number of nitrogens with zero attached hydrogens (tertiary/aromatic N) is 2. The molecule has 1 aromatic heterocycles. The molecule has 0 aromatic carbocycles. The van der Waals surface area contributed by atoms with Crippen LogP contribution in [0.1, 0.15) is 23.7 Å². The van der Waals surface area contributed by atoms with Crippen molar-refractivity contribution in [2.75, 3.05) is 0 Å². The van der Waals surface area contributed by atoms with Gasteiger partial charge in [0.25, 0.3) is 11.6 Å². The zero-order valence-corrected chi connectivity index (χ0v) is 9.77. The summed E-state index contributed by atoms with van der Waals surface area (Å²) in [6.45, 7) is 2.01. The summed E-state index contributed by atoms with van der Waals surface area (Å²) >= 11 is 5.74. The van der Waals surface area contributed by atoms with Crippen molar-refractivity contribution >= 4 is 23.2 Å². The number of aromatic nitrogens is 1. The van der Waals surface area contributed by atoms with Crippen LogP contribution in [0, 0.1) is 16.0 Å². The molecule has 90 valence electrons. The molecule has 0 saturated heterocycles. The SMILES string of the molecule is CC1CC1NC(=O)c1cc([N+](=O)[O-])cnc1Cl. The van der Waals surface area contributed by atoms with E-state index in [1.54, 1.807) is 0 Å². The predicted molar refractivity (Wildman–Crippen MR) is 60.9 cm³/mol. The van der Waals surface area contributed by atoms with Crippen LogP contribution in [-0.2, 0) is 0 Å². The van der Waals surface area contributed by atoms with E-state index in [1.807, 2.05) is 6.92 Å². The third kappa shape index (κ3) is 2.52. The molecule has 1 aliphatic carbocycles. The summed E-state index contributed by atoms with van der Waals surface area (Å²) in [5, 5.41) is 13.3. The lowest BCUT2D eigenvalue weighted by molar-refractivity contribution is -0.385. The Labute approximate surface area is 102 Å². The van der Waals surface area contributed by atoms with Crippen LogP contribution in [0.15, 0.2) is 12.3 Å². The first-order valence-corrected chi connectivity index (χ1v) is 5.47. The number of hydrogen-bond acceptors (Lipinski definition) is 4. The fraction of sp³-hybridized carbons (Fsp3) is 0.400. The van der Waals surface area contributed by atoms with Crippen LogP contribution >= 0.6 is 11.6 Å². The van der Waals surface area contributed by atoms with Gasteiger partial charge in [0, 0.05) is 12.1 Å². The van der Waals surface area contributed by atoms with Crippen LogP contribution in [-0.4, -0.2) is 21.9 Å². The van der Waals surface area contributed by atoms with Crippen molar-refractivity contribution in [3.63, 3.8) is 0 Å². The van der Waals surface area contributed by atoms with E-state index in [9.17, 15) is 14.9 Å². The van der Waals surface area contributed by atoms with Crippen molar-refractivity contribution in [1.29, 1.82) is 0 Å². The molecule has 1 aromatic rings. The van der Waals surface area contributed by atoms with Crippen LogP contribution in [0.3, 0.4) is 0 Å². The van der Waals surface area contributed by atoms with Crippen LogP contribution < -0.4 is 5.32 Å². The molecule has 1 aliphatic rings. The van der Waals surface area contributed by atoms with Crippen molar-refractivity contribution in [3.05, 3.63) is 33.1 Å². The molecule has 6 nitrogen and oxygen atoms in total. The molecule has 1 amide bonds. The van der Waals surface area contributed by atoms with Gasteiger partial charge in [-0.15, -0.1) is 0 Å². The van der Waals surface area contributed by atoms with Crippen molar-refractivity contribution in [3.8, 4) is 0 Å². The van der Waals surface area contributed by atoms with Crippen LogP contribution in [0.25, 0.3) is 0 Å². The van der Waals surface area contributed by atoms with Gasteiger partial charge in [0.15, 0.2) is 0 Å². The van der Waals surface area contributed by atoms with E-state index in [-0.39, 0.29) is 22.4 Å². The fourth-order valence-electron chi connectivity index (χ4n) is 1.47. The molecule has 0 aliphatic heterocycles. The molecule has 0 radical (unpaired) electrons. The molecule has 1 N–H and O–H groups in total. The minimum Gasteiger partial charge on any atom is -0.349 e. The lowest BCUT2D eigenvalue weighted by atomic mass is 10.2. The van der Waals surface area contributed by atoms with Gasteiger partial charge in [-0.05, 0) is 12.3 Å². The minimum atomic E-state index is -0.611. The summed E-state index contributed by atoms with van der Waals surface area (Å²) in [6.07, 6.45) is 1.95. The molecule has 1 fully saturated rings. The van der Waals surface area contributed by atoms with E-state index in [2.05, 4.69) is 10.3 Å². The Bertz CT molecular complexity index is 492. The van der Waals surface area contributed by atoms with E-state index < -0.39 is 10.8 Å². The number of hydrogen-bond donors (Lipinski definition) is 1. The van der Waals surface area contributed by atoms with Gasteiger partial charge < -0.3 is 5.32 Å². The second-order valence-corrected chi connectivity index (χ2v) is 4.44. The zero-order chi connectivity index (χ0) is 12.6. The van der Waals surface area contributed by atoms with E-state index in [0.717, 1.165) is 18.7 Å². The molecule has 7 heteroatoms. The third-order valence-electron chi connectivity index (χ3n) is 2.71. The Kier molecular flexibility index (Phi) is 2.97. The smallest absolute Gasteiger partial charge is 0.288 e. The lowest BCUT2D eigenvalue weighted by Gasteiger charge is -2.04. The lowest BCUT2D eigenvalue weighted by Crippen LogP contribution is -2.27. The number of amides is 1. The van der Waals surface area contributed by atoms with Crippen LogP contribution in [0.4, 0.5) is 5.69 Å². The highest BCUT2D eigenvalue weighted by molar-refractivity contribution is 6.32. The maximum atomic E-state index is 11.8. The Morgan fingerprint density at radius 3 is 2.88 bits per heavy atom. The number of rotatable bonds is 3. The number of nitro groups is 1. The average Bonchev–Trinajstić information content (AvgIpc) is 2.94. The highest BCUT2D eigenvalue weighted by atomic mass is 35.5. The molecule has 2 unspecified atom stereocenters. The molecular formula is C10H10ClN3O3. The van der Waals surface area contributed by atoms with Crippen LogP contribution in [0.2, 0.25) is 5.15 Å². The Morgan fingerprint density at radius 2 is 2.35 bits per heavy atom. The first-order chi connectivity index (χ1) is 7.99. The van der Waals surface area contributed by atoms with Gasteiger partial charge in [-0.2, -0.15) is 0 Å². The van der Waals surface area contributed by atoms with Crippen molar-refractivity contribution < 1.29 is 9.72 Å². The molecular weight excluding hydrogens is 246 g/mol. The predicted octanol–water partition coefficient (Wildman–Crippen LogP) is 1.78. The number of pyridine rings is 1. The molecule has 0 bridgehead atoms. The van der Waals surface area contributed by atoms with Gasteiger partial charge >= 0.3 is 0 Å². The molecule has 17 heavy (non-hydrogen) atoms. The molecule has 1 saturated carbocycles. The molecule has 2 atom stereocenters. The minimum absolute atomic E-state index is 0.0265. The fourth-order valence-corrected chi connectivity index (χ4v) is 1.65. The Hall–Kier alpha value is -1.69. The third-order valence-corrected chi connectivity index (χ3v) is 3.01. The number of carbonyl (C=O) groups excluding carboxylic acids is 1.